The van der Waals surface area contributed by atoms with Crippen molar-refractivity contribution in [2.24, 2.45) is 13.0 Å². The minimum Gasteiger partial charge on any atom is -0.384 e. The highest BCUT2D eigenvalue weighted by Gasteiger charge is 2.54. The van der Waals surface area contributed by atoms with Gasteiger partial charge in [0.05, 0.1) is 5.92 Å². The van der Waals surface area contributed by atoms with Gasteiger partial charge in [0.1, 0.15) is 11.9 Å². The van der Waals surface area contributed by atoms with E-state index in [-0.39, 0.29) is 24.7 Å². The molecule has 0 radical (unpaired) electrons. The predicted octanol–water partition coefficient (Wildman–Crippen LogP) is 2.24. The Morgan fingerprint density at radius 1 is 1.18 bits per heavy atom. The Balaban J connectivity index is 1.55. The quantitative estimate of drug-likeness (QED) is 0.519. The number of carbonyl (C=O) groups is 3. The highest BCUT2D eigenvalue weighted by Crippen LogP contribution is 2.33. The third-order valence-corrected chi connectivity index (χ3v) is 6.16. The number of nitrogens with zero attached hydrogens (tertiary/aromatic N) is 5. The fourth-order valence-electron chi connectivity index (χ4n) is 4.14. The van der Waals surface area contributed by atoms with Crippen LogP contribution in [-0.2, 0) is 34.3 Å². The van der Waals surface area contributed by atoms with Crippen LogP contribution in [0.1, 0.15) is 17.5 Å². The summed E-state index contributed by atoms with van der Waals surface area (Å²) < 4.78 is 1.58. The van der Waals surface area contributed by atoms with Crippen molar-refractivity contribution in [3.05, 3.63) is 71.0 Å². The number of imide groups is 1. The van der Waals surface area contributed by atoms with Gasteiger partial charge in [-0.2, -0.15) is 5.10 Å². The maximum Gasteiger partial charge on any atom is 0.252 e. The van der Waals surface area contributed by atoms with Gasteiger partial charge in [0.2, 0.25) is 11.8 Å². The van der Waals surface area contributed by atoms with Gasteiger partial charge in [-0.3, -0.25) is 28.9 Å². The fraction of sp³-hybridized carbons (Fsp3) is 0.292. The van der Waals surface area contributed by atoms with Crippen molar-refractivity contribution in [1.29, 1.82) is 0 Å². The summed E-state index contributed by atoms with van der Waals surface area (Å²) in [6.07, 6.45) is 4.04. The van der Waals surface area contributed by atoms with Gasteiger partial charge in [-0.25, -0.2) is 4.98 Å². The van der Waals surface area contributed by atoms with Crippen LogP contribution in [0.25, 0.3) is 0 Å². The zero-order valence-electron chi connectivity index (χ0n) is 18.9. The van der Waals surface area contributed by atoms with Crippen LogP contribution in [-0.4, -0.2) is 50.5 Å². The van der Waals surface area contributed by atoms with Crippen molar-refractivity contribution in [3.63, 3.8) is 0 Å². The molecule has 176 valence electrons. The fourth-order valence-corrected chi connectivity index (χ4v) is 4.35. The van der Waals surface area contributed by atoms with E-state index in [1.165, 1.54) is 4.90 Å². The number of nitrogens with two attached hydrogens (primary N) is 1. The standard InChI is InChI=1S/C24H25ClN6O3/c1-29-11-9-20(28-29)30(2)24(34)22-18(13-16-8-10-27-19(26)14-16)23(33)31(22)21(32)7-6-15-4-3-5-17(25)12-15/h3-5,8-12,14,18,22H,6-7,13H2,1-2H3,(H2,26,27)/t18-,22+/m1/s1. The van der Waals surface area contributed by atoms with Crippen LogP contribution in [0, 0.1) is 5.92 Å². The number of nitrogen functional groups attached to an aromatic ring is 1. The third-order valence-electron chi connectivity index (χ3n) is 5.93. The first-order valence-corrected chi connectivity index (χ1v) is 11.2. The summed E-state index contributed by atoms with van der Waals surface area (Å²) in [4.78, 5) is 46.0. The van der Waals surface area contributed by atoms with Crippen molar-refractivity contribution in [2.75, 3.05) is 17.7 Å². The molecular formula is C24H25ClN6O3. The summed E-state index contributed by atoms with van der Waals surface area (Å²) in [5, 5.41) is 4.84. The van der Waals surface area contributed by atoms with Crippen LogP contribution in [0.3, 0.4) is 0 Å². The van der Waals surface area contributed by atoms with E-state index >= 15 is 0 Å². The number of likely N-dealkylation sites (tertiary alicyclic amines) is 1. The zero-order valence-corrected chi connectivity index (χ0v) is 19.6. The number of pyridine rings is 1. The van der Waals surface area contributed by atoms with Gasteiger partial charge in [-0.1, -0.05) is 23.7 Å². The number of aryl methyl sites for hydroxylation is 2. The molecule has 4 rings (SSSR count). The minimum atomic E-state index is -0.930. The molecule has 9 nitrogen and oxygen atoms in total. The first kappa shape index (κ1) is 23.4. The van der Waals surface area contributed by atoms with Crippen LogP contribution >= 0.6 is 11.6 Å². The SMILES string of the molecule is CN(C(=O)[C@@H]1[C@@H](Cc2ccnc(N)c2)C(=O)N1C(=O)CCc1cccc(Cl)c1)c1ccn(C)n1. The number of β-lactam (4-membered cyclic amide) rings is 1. The normalized spacial score (nSPS) is 17.4. The monoisotopic (exact) mass is 480 g/mol. The Morgan fingerprint density at radius 3 is 2.65 bits per heavy atom. The summed E-state index contributed by atoms with van der Waals surface area (Å²) >= 11 is 6.03. The van der Waals surface area contributed by atoms with Gasteiger partial charge >= 0.3 is 0 Å². The molecule has 1 aliphatic heterocycles. The molecule has 3 heterocycles. The number of hydrogen-bond donors (Lipinski definition) is 1. The second-order valence-electron chi connectivity index (χ2n) is 8.32. The number of carbonyl (C=O) groups excluding carboxylic acids is 3. The molecule has 1 aliphatic rings. The minimum absolute atomic E-state index is 0.0814. The van der Waals surface area contributed by atoms with Crippen LogP contribution in [0.5, 0.6) is 0 Å². The third kappa shape index (κ3) is 4.79. The molecule has 10 heteroatoms. The lowest BCUT2D eigenvalue weighted by molar-refractivity contribution is -0.170. The van der Waals surface area contributed by atoms with E-state index in [2.05, 4.69) is 10.1 Å². The number of halogens is 1. The summed E-state index contributed by atoms with van der Waals surface area (Å²) in [5.41, 5.74) is 7.43. The zero-order chi connectivity index (χ0) is 24.4. The van der Waals surface area contributed by atoms with Gasteiger partial charge in [0, 0.05) is 44.0 Å². The topological polar surface area (TPSA) is 114 Å². The van der Waals surface area contributed by atoms with E-state index in [0.717, 1.165) is 16.0 Å². The van der Waals surface area contributed by atoms with Crippen molar-refractivity contribution in [2.45, 2.75) is 25.3 Å². The molecule has 34 heavy (non-hydrogen) atoms. The summed E-state index contributed by atoms with van der Waals surface area (Å²) in [5.74, 6) is -1.07. The lowest BCUT2D eigenvalue weighted by Crippen LogP contribution is -2.69. The van der Waals surface area contributed by atoms with Crippen molar-refractivity contribution in [3.8, 4) is 0 Å². The van der Waals surface area contributed by atoms with E-state index in [0.29, 0.717) is 23.1 Å². The lowest BCUT2D eigenvalue weighted by atomic mass is 9.81. The average molecular weight is 481 g/mol. The van der Waals surface area contributed by atoms with Crippen LogP contribution < -0.4 is 10.6 Å². The van der Waals surface area contributed by atoms with Crippen molar-refractivity contribution < 1.29 is 14.4 Å². The van der Waals surface area contributed by atoms with Crippen molar-refractivity contribution in [1.82, 2.24) is 19.7 Å². The average Bonchev–Trinajstić information content (AvgIpc) is 3.24. The second kappa shape index (κ2) is 9.64. The Labute approximate surface area is 202 Å². The molecular weight excluding hydrogens is 456 g/mol. The van der Waals surface area contributed by atoms with E-state index in [9.17, 15) is 14.4 Å². The highest BCUT2D eigenvalue weighted by molar-refractivity contribution is 6.30. The molecule has 0 aliphatic carbocycles. The Hall–Kier alpha value is -3.72. The second-order valence-corrected chi connectivity index (χ2v) is 8.76. The molecule has 0 saturated carbocycles. The van der Waals surface area contributed by atoms with Gasteiger partial charge in [0.25, 0.3) is 5.91 Å². The molecule has 1 saturated heterocycles. The molecule has 0 bridgehead atoms. The molecule has 3 aromatic rings. The summed E-state index contributed by atoms with van der Waals surface area (Å²) in [6.45, 7) is 0. The van der Waals surface area contributed by atoms with E-state index in [1.807, 2.05) is 12.1 Å². The number of anilines is 2. The van der Waals surface area contributed by atoms with E-state index < -0.39 is 17.9 Å². The number of benzene rings is 1. The number of hydrogen-bond acceptors (Lipinski definition) is 6. The molecule has 2 aromatic heterocycles. The molecule has 2 N–H and O–H groups in total. The van der Waals surface area contributed by atoms with Crippen LogP contribution in [0.15, 0.2) is 54.9 Å². The molecule has 0 unspecified atom stereocenters. The molecule has 0 spiro atoms. The van der Waals surface area contributed by atoms with Crippen molar-refractivity contribution >= 4 is 41.0 Å². The van der Waals surface area contributed by atoms with Gasteiger partial charge in [0.15, 0.2) is 5.82 Å². The maximum absolute atomic E-state index is 13.5. The number of aromatic nitrogens is 3. The maximum atomic E-state index is 13.5. The van der Waals surface area contributed by atoms with Crippen LogP contribution in [0.2, 0.25) is 5.02 Å². The smallest absolute Gasteiger partial charge is 0.252 e. The molecule has 2 atom stereocenters. The lowest BCUT2D eigenvalue weighted by Gasteiger charge is -2.45. The molecule has 3 amide bonds. The highest BCUT2D eigenvalue weighted by atomic mass is 35.5. The first-order chi connectivity index (χ1) is 16.2. The molecule has 1 fully saturated rings. The van der Waals surface area contributed by atoms with Gasteiger partial charge in [-0.05, 0) is 48.2 Å². The Bertz CT molecular complexity index is 1230. The summed E-state index contributed by atoms with van der Waals surface area (Å²) in [6, 6.07) is 11.4. The van der Waals surface area contributed by atoms with E-state index in [4.69, 9.17) is 17.3 Å². The van der Waals surface area contributed by atoms with Gasteiger partial charge < -0.3 is 5.73 Å². The largest absolute Gasteiger partial charge is 0.384 e. The number of likely N-dealkylation sites (N-methyl/N-ethyl adjacent to an activating group) is 1. The predicted molar refractivity (Wildman–Crippen MR) is 128 cm³/mol. The number of rotatable bonds is 7. The van der Waals surface area contributed by atoms with Crippen LogP contribution in [0.4, 0.5) is 11.6 Å². The molecule has 1 aromatic carbocycles. The number of amides is 3. The van der Waals surface area contributed by atoms with E-state index in [1.54, 1.807) is 61.5 Å². The summed E-state index contributed by atoms with van der Waals surface area (Å²) in [7, 11) is 3.33. The Morgan fingerprint density at radius 2 is 1.97 bits per heavy atom. The Kier molecular flexibility index (Phi) is 6.65. The first-order valence-electron chi connectivity index (χ1n) is 10.8. The van der Waals surface area contributed by atoms with Gasteiger partial charge in [-0.15, -0.1) is 0 Å².